The number of carbonyl (C=O) groups is 1. The van der Waals surface area contributed by atoms with Gasteiger partial charge in [0.25, 0.3) is 5.91 Å². The van der Waals surface area contributed by atoms with Gasteiger partial charge in [0.1, 0.15) is 0 Å². The predicted octanol–water partition coefficient (Wildman–Crippen LogP) is 3.82. The lowest BCUT2D eigenvalue weighted by atomic mass is 10.1. The predicted molar refractivity (Wildman–Crippen MR) is 94.2 cm³/mol. The molecule has 0 radical (unpaired) electrons. The summed E-state index contributed by atoms with van der Waals surface area (Å²) in [6, 6.07) is 15.1. The quantitative estimate of drug-likeness (QED) is 0.857. The molecule has 1 amide bonds. The summed E-state index contributed by atoms with van der Waals surface area (Å²) in [5.41, 5.74) is 2.54. The van der Waals surface area contributed by atoms with Crippen LogP contribution in [-0.2, 0) is 16.6 Å². The van der Waals surface area contributed by atoms with Gasteiger partial charge in [-0.25, -0.2) is 0 Å². The van der Waals surface area contributed by atoms with E-state index < -0.39 is 10.8 Å². The summed E-state index contributed by atoms with van der Waals surface area (Å²) in [4.78, 5) is 12.3. The summed E-state index contributed by atoms with van der Waals surface area (Å²) in [6.45, 7) is 1.95. The highest BCUT2D eigenvalue weighted by molar-refractivity contribution is 9.10. The Labute approximate surface area is 141 Å². The summed E-state index contributed by atoms with van der Waals surface area (Å²) < 4.78 is 12.3. The van der Waals surface area contributed by atoms with Crippen LogP contribution in [0.25, 0.3) is 0 Å². The van der Waals surface area contributed by atoms with E-state index in [1.54, 1.807) is 18.4 Å². The molecular weight excluding hydrogens is 362 g/mol. The Morgan fingerprint density at radius 2 is 1.91 bits per heavy atom. The van der Waals surface area contributed by atoms with E-state index in [1.807, 2.05) is 43.3 Å². The summed E-state index contributed by atoms with van der Waals surface area (Å²) in [5, 5.41) is 2.98. The van der Waals surface area contributed by atoms with Crippen LogP contribution < -0.4 is 5.32 Å². The molecule has 1 N–H and O–H groups in total. The summed E-state index contributed by atoms with van der Waals surface area (Å²) in [5.74, 6) is 0.336. The fourth-order valence-electron chi connectivity index (χ4n) is 2.15. The number of nitrogens with one attached hydrogen (secondary N) is 1. The van der Waals surface area contributed by atoms with Gasteiger partial charge in [0.2, 0.25) is 0 Å². The lowest BCUT2D eigenvalue weighted by Crippen LogP contribution is -2.26. The molecule has 0 aliphatic rings. The molecule has 2 atom stereocenters. The molecule has 3 nitrogen and oxygen atoms in total. The smallest absolute Gasteiger partial charge is 0.251 e. The molecule has 2 aromatic carbocycles. The molecule has 116 valence electrons. The molecule has 0 bridgehead atoms. The van der Waals surface area contributed by atoms with Crippen LogP contribution in [0.1, 0.15) is 34.5 Å². The van der Waals surface area contributed by atoms with Crippen LogP contribution in [0.4, 0.5) is 0 Å². The van der Waals surface area contributed by atoms with Crippen molar-refractivity contribution >= 4 is 32.6 Å². The maximum Gasteiger partial charge on any atom is 0.251 e. The van der Waals surface area contributed by atoms with E-state index in [2.05, 4.69) is 21.2 Å². The molecule has 2 rings (SSSR count). The molecule has 0 heterocycles. The first-order valence-corrected chi connectivity index (χ1v) is 9.43. The van der Waals surface area contributed by atoms with Crippen molar-refractivity contribution in [2.24, 2.45) is 0 Å². The molecule has 0 saturated carbocycles. The molecule has 0 saturated heterocycles. The Balaban J connectivity index is 2.08. The Morgan fingerprint density at radius 1 is 1.23 bits per heavy atom. The first-order valence-electron chi connectivity index (χ1n) is 6.91. The number of hydrogen-bond donors (Lipinski definition) is 1. The highest BCUT2D eigenvalue weighted by atomic mass is 79.9. The highest BCUT2D eigenvalue weighted by Crippen LogP contribution is 2.17. The van der Waals surface area contributed by atoms with E-state index in [-0.39, 0.29) is 11.9 Å². The third-order valence-corrected chi connectivity index (χ3v) is 4.55. The maximum absolute atomic E-state index is 12.3. The fraction of sp³-hybridized carbons (Fsp3) is 0.235. The number of amides is 1. The molecule has 0 fully saturated rings. The van der Waals surface area contributed by atoms with Gasteiger partial charge in [0.15, 0.2) is 0 Å². The van der Waals surface area contributed by atoms with Crippen molar-refractivity contribution < 1.29 is 9.00 Å². The normalized spacial score (nSPS) is 13.4. The Morgan fingerprint density at radius 3 is 2.55 bits per heavy atom. The van der Waals surface area contributed by atoms with Gasteiger partial charge in [0.05, 0.1) is 6.04 Å². The number of halogens is 1. The molecule has 2 unspecified atom stereocenters. The van der Waals surface area contributed by atoms with Crippen LogP contribution in [-0.4, -0.2) is 16.4 Å². The molecule has 0 aliphatic heterocycles. The fourth-order valence-corrected chi connectivity index (χ4v) is 3.07. The summed E-state index contributed by atoms with van der Waals surface area (Å²) >= 11 is 3.40. The van der Waals surface area contributed by atoms with Crippen molar-refractivity contribution in [2.45, 2.75) is 18.7 Å². The van der Waals surface area contributed by atoms with Gasteiger partial charge in [-0.1, -0.05) is 40.2 Å². The van der Waals surface area contributed by atoms with Gasteiger partial charge in [-0.2, -0.15) is 0 Å². The van der Waals surface area contributed by atoms with Crippen LogP contribution in [0.5, 0.6) is 0 Å². The average molecular weight is 380 g/mol. The molecule has 0 aromatic heterocycles. The molecule has 22 heavy (non-hydrogen) atoms. The lowest BCUT2D eigenvalue weighted by molar-refractivity contribution is 0.0940. The molecule has 0 spiro atoms. The van der Waals surface area contributed by atoms with Crippen LogP contribution >= 0.6 is 15.9 Å². The largest absolute Gasteiger partial charge is 0.346 e. The van der Waals surface area contributed by atoms with Gasteiger partial charge < -0.3 is 5.32 Å². The number of benzene rings is 2. The van der Waals surface area contributed by atoms with Gasteiger partial charge in [-0.05, 0) is 42.3 Å². The van der Waals surface area contributed by atoms with E-state index in [0.29, 0.717) is 11.3 Å². The zero-order chi connectivity index (χ0) is 16.1. The van der Waals surface area contributed by atoms with Crippen LogP contribution in [0.3, 0.4) is 0 Å². The summed E-state index contributed by atoms with van der Waals surface area (Å²) in [6.07, 6.45) is 1.66. The first-order chi connectivity index (χ1) is 10.5. The van der Waals surface area contributed by atoms with Gasteiger partial charge in [-0.3, -0.25) is 9.00 Å². The third-order valence-electron chi connectivity index (χ3n) is 3.28. The minimum Gasteiger partial charge on any atom is -0.346 e. The van der Waals surface area contributed by atoms with Crippen molar-refractivity contribution in [3.8, 4) is 0 Å². The standard InChI is InChI=1S/C17H18BrNO2S/c1-12(14-6-8-16(18)9-7-14)19-17(20)15-5-3-4-13(10-15)11-22(2)21/h3-10,12H,11H2,1-2H3,(H,19,20). The van der Waals surface area contributed by atoms with Gasteiger partial charge >= 0.3 is 0 Å². The van der Waals surface area contributed by atoms with Gasteiger partial charge in [0, 0.05) is 32.8 Å². The van der Waals surface area contributed by atoms with Crippen molar-refractivity contribution in [1.82, 2.24) is 5.32 Å². The Bertz CT molecular complexity index is 685. The van der Waals surface area contributed by atoms with Crippen molar-refractivity contribution in [3.05, 3.63) is 69.7 Å². The average Bonchev–Trinajstić information content (AvgIpc) is 2.47. The molecule has 0 aliphatic carbocycles. The van der Waals surface area contributed by atoms with Crippen molar-refractivity contribution in [1.29, 1.82) is 0 Å². The first kappa shape index (κ1) is 16.9. The SMILES string of the molecule is CC(NC(=O)c1cccc(CS(C)=O)c1)c1ccc(Br)cc1. The Hall–Kier alpha value is -1.46. The lowest BCUT2D eigenvalue weighted by Gasteiger charge is -2.15. The summed E-state index contributed by atoms with van der Waals surface area (Å²) in [7, 11) is -0.917. The van der Waals surface area contributed by atoms with Crippen LogP contribution in [0.15, 0.2) is 53.0 Å². The highest BCUT2D eigenvalue weighted by Gasteiger charge is 2.12. The third kappa shape index (κ3) is 4.78. The minimum absolute atomic E-state index is 0.0791. The Kier molecular flexibility index (Phi) is 5.91. The second-order valence-electron chi connectivity index (χ2n) is 5.16. The second-order valence-corrected chi connectivity index (χ2v) is 7.52. The molecule has 5 heteroatoms. The number of hydrogen-bond acceptors (Lipinski definition) is 2. The minimum atomic E-state index is -0.917. The van der Waals surface area contributed by atoms with Crippen molar-refractivity contribution in [2.75, 3.05) is 6.26 Å². The monoisotopic (exact) mass is 379 g/mol. The van der Waals surface area contributed by atoms with E-state index in [1.165, 1.54) is 0 Å². The zero-order valence-electron chi connectivity index (χ0n) is 12.5. The topological polar surface area (TPSA) is 46.2 Å². The maximum atomic E-state index is 12.3. The van der Waals surface area contributed by atoms with E-state index in [0.717, 1.165) is 15.6 Å². The van der Waals surface area contributed by atoms with Gasteiger partial charge in [-0.15, -0.1) is 0 Å². The van der Waals surface area contributed by atoms with E-state index in [4.69, 9.17) is 0 Å². The number of carbonyl (C=O) groups excluding carboxylic acids is 1. The molecule has 2 aromatic rings. The van der Waals surface area contributed by atoms with Crippen LogP contribution in [0, 0.1) is 0 Å². The van der Waals surface area contributed by atoms with Crippen molar-refractivity contribution in [3.63, 3.8) is 0 Å². The molecular formula is C17H18BrNO2S. The second kappa shape index (κ2) is 7.70. The van der Waals surface area contributed by atoms with E-state index in [9.17, 15) is 9.00 Å². The van der Waals surface area contributed by atoms with Crippen LogP contribution in [0.2, 0.25) is 0 Å². The zero-order valence-corrected chi connectivity index (χ0v) is 14.9. The number of rotatable bonds is 5. The van der Waals surface area contributed by atoms with E-state index >= 15 is 0 Å².